The lowest BCUT2D eigenvalue weighted by atomic mass is 10.2. The summed E-state index contributed by atoms with van der Waals surface area (Å²) in [5.41, 5.74) is 8.41. The third-order valence-electron chi connectivity index (χ3n) is 2.58. The van der Waals surface area contributed by atoms with E-state index in [9.17, 15) is 0 Å². The number of hydrogen-bond acceptors (Lipinski definition) is 3. The third-order valence-corrected chi connectivity index (χ3v) is 2.58. The van der Waals surface area contributed by atoms with Crippen molar-refractivity contribution in [1.29, 1.82) is 0 Å². The number of aromatic nitrogens is 2. The minimum Gasteiger partial charge on any atom is -0.396 e. The Labute approximate surface area is 94.6 Å². The van der Waals surface area contributed by atoms with Crippen LogP contribution in [0, 0.1) is 0 Å². The summed E-state index contributed by atoms with van der Waals surface area (Å²) >= 11 is 0. The Morgan fingerprint density at radius 1 is 1.31 bits per heavy atom. The molecule has 1 aromatic heterocycles. The fourth-order valence-electron chi connectivity index (χ4n) is 1.66. The van der Waals surface area contributed by atoms with Crippen molar-refractivity contribution >= 4 is 5.69 Å². The lowest BCUT2D eigenvalue weighted by molar-refractivity contribution is 0.114. The van der Waals surface area contributed by atoms with Crippen molar-refractivity contribution in [3.63, 3.8) is 0 Å². The van der Waals surface area contributed by atoms with E-state index in [0.717, 1.165) is 11.4 Å². The highest BCUT2D eigenvalue weighted by atomic mass is 16.5. The Morgan fingerprint density at radius 3 is 2.62 bits per heavy atom. The number of hydrogen-bond donors (Lipinski definition) is 1. The summed E-state index contributed by atoms with van der Waals surface area (Å²) in [5, 5.41) is 4.27. The van der Waals surface area contributed by atoms with Gasteiger partial charge in [0.1, 0.15) is 0 Å². The molecular weight excluding hydrogens is 202 g/mol. The zero-order valence-corrected chi connectivity index (χ0v) is 9.42. The first-order chi connectivity index (χ1) is 7.74. The quantitative estimate of drug-likeness (QED) is 0.857. The summed E-state index contributed by atoms with van der Waals surface area (Å²) in [6.45, 7) is 1.95. The summed E-state index contributed by atoms with van der Waals surface area (Å²) in [7, 11) is 1.66. The van der Waals surface area contributed by atoms with Crippen LogP contribution in [0.4, 0.5) is 5.69 Å². The molecule has 0 spiro atoms. The van der Waals surface area contributed by atoms with Crippen molar-refractivity contribution in [2.75, 3.05) is 12.8 Å². The van der Waals surface area contributed by atoms with Crippen molar-refractivity contribution in [2.45, 2.75) is 13.0 Å². The van der Waals surface area contributed by atoms with Gasteiger partial charge in [0.15, 0.2) is 0 Å². The average Bonchev–Trinajstić information content (AvgIpc) is 2.71. The molecule has 0 amide bonds. The van der Waals surface area contributed by atoms with Crippen molar-refractivity contribution in [3.05, 3.63) is 42.2 Å². The van der Waals surface area contributed by atoms with E-state index in [0.29, 0.717) is 5.69 Å². The summed E-state index contributed by atoms with van der Waals surface area (Å²) in [6, 6.07) is 9.87. The third kappa shape index (κ3) is 1.79. The standard InChI is InChI=1S/C12H15N3O/c1-9(16-2)12-11(13)8-14-15(12)10-6-4-3-5-7-10/h3-9H,13H2,1-2H3/t9-/m0/s1. The molecule has 0 fully saturated rings. The van der Waals surface area contributed by atoms with Gasteiger partial charge >= 0.3 is 0 Å². The van der Waals surface area contributed by atoms with Crippen molar-refractivity contribution in [3.8, 4) is 5.69 Å². The van der Waals surface area contributed by atoms with Gasteiger partial charge in [-0.25, -0.2) is 4.68 Å². The van der Waals surface area contributed by atoms with E-state index in [-0.39, 0.29) is 6.10 Å². The van der Waals surface area contributed by atoms with E-state index >= 15 is 0 Å². The van der Waals surface area contributed by atoms with Crippen LogP contribution >= 0.6 is 0 Å². The van der Waals surface area contributed by atoms with Gasteiger partial charge in [-0.1, -0.05) is 18.2 Å². The molecule has 4 nitrogen and oxygen atoms in total. The maximum atomic E-state index is 5.89. The fourth-order valence-corrected chi connectivity index (χ4v) is 1.66. The van der Waals surface area contributed by atoms with Crippen LogP contribution in [0.15, 0.2) is 36.5 Å². The van der Waals surface area contributed by atoms with Gasteiger partial charge in [0.05, 0.1) is 29.4 Å². The molecule has 1 heterocycles. The molecule has 0 aliphatic rings. The maximum absolute atomic E-state index is 5.89. The van der Waals surface area contributed by atoms with Gasteiger partial charge in [0.2, 0.25) is 0 Å². The van der Waals surface area contributed by atoms with E-state index in [2.05, 4.69) is 5.10 Å². The number of methoxy groups -OCH3 is 1. The van der Waals surface area contributed by atoms with Crippen molar-refractivity contribution in [2.24, 2.45) is 0 Å². The highest BCUT2D eigenvalue weighted by Crippen LogP contribution is 2.24. The molecule has 0 unspecified atom stereocenters. The molecule has 2 aromatic rings. The van der Waals surface area contributed by atoms with Gasteiger partial charge in [-0.15, -0.1) is 0 Å². The first kappa shape index (κ1) is 10.7. The number of para-hydroxylation sites is 1. The minimum atomic E-state index is -0.0808. The summed E-state index contributed by atoms with van der Waals surface area (Å²) < 4.78 is 7.11. The first-order valence-corrected chi connectivity index (χ1v) is 5.15. The zero-order chi connectivity index (χ0) is 11.5. The molecule has 0 aliphatic carbocycles. The molecule has 1 aromatic carbocycles. The largest absolute Gasteiger partial charge is 0.396 e. The number of ether oxygens (including phenoxy) is 1. The number of nitrogens with two attached hydrogens (primary N) is 1. The second kappa shape index (κ2) is 4.37. The number of benzene rings is 1. The fraction of sp³-hybridized carbons (Fsp3) is 0.250. The van der Waals surface area contributed by atoms with E-state index in [1.807, 2.05) is 41.9 Å². The maximum Gasteiger partial charge on any atom is 0.0985 e. The van der Waals surface area contributed by atoms with Gasteiger partial charge < -0.3 is 10.5 Å². The molecule has 0 aliphatic heterocycles. The van der Waals surface area contributed by atoms with Crippen LogP contribution in [0.25, 0.3) is 5.69 Å². The molecule has 16 heavy (non-hydrogen) atoms. The lowest BCUT2D eigenvalue weighted by Crippen LogP contribution is -2.08. The molecule has 2 N–H and O–H groups in total. The summed E-state index contributed by atoms with van der Waals surface area (Å²) in [5.74, 6) is 0. The Bertz CT molecular complexity index is 464. The van der Waals surface area contributed by atoms with Gasteiger partial charge in [0, 0.05) is 7.11 Å². The van der Waals surface area contributed by atoms with E-state index in [1.165, 1.54) is 0 Å². The molecule has 84 valence electrons. The minimum absolute atomic E-state index is 0.0808. The highest BCUT2D eigenvalue weighted by molar-refractivity contribution is 5.47. The van der Waals surface area contributed by atoms with Gasteiger partial charge in [-0.2, -0.15) is 5.10 Å². The summed E-state index contributed by atoms with van der Waals surface area (Å²) in [6.07, 6.45) is 1.57. The molecule has 1 atom stereocenters. The van der Waals surface area contributed by atoms with Crippen LogP contribution in [0.3, 0.4) is 0 Å². The molecule has 0 radical (unpaired) electrons. The Hall–Kier alpha value is -1.81. The second-order valence-corrected chi connectivity index (χ2v) is 3.61. The molecule has 0 saturated carbocycles. The predicted octanol–water partition coefficient (Wildman–Crippen LogP) is 2.16. The van der Waals surface area contributed by atoms with Crippen LogP contribution in [0.5, 0.6) is 0 Å². The average molecular weight is 217 g/mol. The highest BCUT2D eigenvalue weighted by Gasteiger charge is 2.15. The Kier molecular flexibility index (Phi) is 2.92. The van der Waals surface area contributed by atoms with Gasteiger partial charge in [-0.05, 0) is 19.1 Å². The van der Waals surface area contributed by atoms with Crippen LogP contribution in [-0.4, -0.2) is 16.9 Å². The molecule has 4 heteroatoms. The van der Waals surface area contributed by atoms with Crippen molar-refractivity contribution < 1.29 is 4.74 Å². The predicted molar refractivity (Wildman–Crippen MR) is 63.4 cm³/mol. The normalized spacial score (nSPS) is 12.6. The molecule has 0 saturated heterocycles. The van der Waals surface area contributed by atoms with Crippen LogP contribution in [0.1, 0.15) is 18.7 Å². The zero-order valence-electron chi connectivity index (χ0n) is 9.42. The SMILES string of the molecule is CO[C@@H](C)c1c(N)cnn1-c1ccccc1. The van der Waals surface area contributed by atoms with Crippen LogP contribution < -0.4 is 5.73 Å². The lowest BCUT2D eigenvalue weighted by Gasteiger charge is -2.13. The Morgan fingerprint density at radius 2 is 2.00 bits per heavy atom. The number of nitrogen functional groups attached to an aromatic ring is 1. The molecule has 2 rings (SSSR count). The number of nitrogens with zero attached hydrogens (tertiary/aromatic N) is 2. The summed E-state index contributed by atoms with van der Waals surface area (Å²) in [4.78, 5) is 0. The number of rotatable bonds is 3. The van der Waals surface area contributed by atoms with Gasteiger partial charge in [-0.3, -0.25) is 0 Å². The van der Waals surface area contributed by atoms with Crippen LogP contribution in [0.2, 0.25) is 0 Å². The van der Waals surface area contributed by atoms with Crippen molar-refractivity contribution in [1.82, 2.24) is 9.78 Å². The topological polar surface area (TPSA) is 53.1 Å². The van der Waals surface area contributed by atoms with E-state index in [4.69, 9.17) is 10.5 Å². The second-order valence-electron chi connectivity index (χ2n) is 3.61. The van der Waals surface area contributed by atoms with E-state index in [1.54, 1.807) is 13.3 Å². The number of anilines is 1. The Balaban J connectivity index is 2.50. The smallest absolute Gasteiger partial charge is 0.0985 e. The van der Waals surface area contributed by atoms with Gasteiger partial charge in [0.25, 0.3) is 0 Å². The molecular formula is C12H15N3O. The first-order valence-electron chi connectivity index (χ1n) is 5.15. The monoisotopic (exact) mass is 217 g/mol. The van der Waals surface area contributed by atoms with Crippen LogP contribution in [-0.2, 0) is 4.74 Å². The van der Waals surface area contributed by atoms with E-state index < -0.39 is 0 Å². The molecule has 0 bridgehead atoms.